The highest BCUT2D eigenvalue weighted by atomic mass is 16.5. The minimum atomic E-state index is -0.452. The first kappa shape index (κ1) is 20.6. The number of ether oxygens (including phenoxy) is 2. The van der Waals surface area contributed by atoms with Gasteiger partial charge >= 0.3 is 5.97 Å². The van der Waals surface area contributed by atoms with Crippen molar-refractivity contribution < 1.29 is 19.1 Å². The van der Waals surface area contributed by atoms with E-state index in [0.29, 0.717) is 30.9 Å². The Morgan fingerprint density at radius 3 is 2.37 bits per heavy atom. The van der Waals surface area contributed by atoms with Crippen molar-refractivity contribution in [1.29, 1.82) is 0 Å². The Hall–Kier alpha value is -2.66. The third kappa shape index (κ3) is 6.87. The van der Waals surface area contributed by atoms with Crippen molar-refractivity contribution in [3.8, 4) is 5.75 Å². The Balaban J connectivity index is 1.86. The molecule has 2 aromatic rings. The van der Waals surface area contributed by atoms with Gasteiger partial charge in [-0.2, -0.15) is 0 Å². The molecule has 0 saturated carbocycles. The number of rotatable bonds is 11. The van der Waals surface area contributed by atoms with Crippen LogP contribution in [0.15, 0.2) is 54.6 Å². The molecule has 0 fully saturated rings. The van der Waals surface area contributed by atoms with Crippen LogP contribution in [0.1, 0.15) is 42.1 Å². The van der Waals surface area contributed by atoms with Gasteiger partial charge in [0.05, 0.1) is 7.11 Å². The largest absolute Gasteiger partial charge is 0.489 e. The summed E-state index contributed by atoms with van der Waals surface area (Å²) in [5, 5.41) is 3.12. The van der Waals surface area contributed by atoms with Gasteiger partial charge in [0.15, 0.2) is 5.78 Å². The van der Waals surface area contributed by atoms with Crippen LogP contribution in [0.5, 0.6) is 5.75 Å². The second-order valence-electron chi connectivity index (χ2n) is 6.29. The average molecular weight is 369 g/mol. The Morgan fingerprint density at radius 2 is 1.74 bits per heavy atom. The van der Waals surface area contributed by atoms with Crippen LogP contribution < -0.4 is 10.1 Å². The van der Waals surface area contributed by atoms with Gasteiger partial charge in [0.25, 0.3) is 0 Å². The quantitative estimate of drug-likeness (QED) is 0.482. The number of methoxy groups -OCH3 is 1. The van der Waals surface area contributed by atoms with Crippen molar-refractivity contribution in [1.82, 2.24) is 5.32 Å². The molecule has 0 unspecified atom stereocenters. The monoisotopic (exact) mass is 369 g/mol. The molecule has 2 rings (SSSR count). The number of carbonyl (C=O) groups is 2. The standard InChI is InChI=1S/C22H27NO4/c1-3-15-23-20(22(25)26-2)13-14-21(24)18-9-11-19(12-10-18)27-16-17-7-5-4-6-8-17/h4-12,20,23H,3,13-16H2,1-2H3/t20-/m0/s1. The summed E-state index contributed by atoms with van der Waals surface area (Å²) in [6.07, 6.45) is 1.60. The SMILES string of the molecule is CCCN[C@@H](CCC(=O)c1ccc(OCc2ccccc2)cc1)C(=O)OC. The van der Waals surface area contributed by atoms with E-state index >= 15 is 0 Å². The van der Waals surface area contributed by atoms with Crippen LogP contribution in [-0.2, 0) is 16.1 Å². The van der Waals surface area contributed by atoms with E-state index in [1.807, 2.05) is 37.3 Å². The van der Waals surface area contributed by atoms with Gasteiger partial charge in [-0.1, -0.05) is 37.3 Å². The van der Waals surface area contributed by atoms with Crippen LogP contribution in [0.2, 0.25) is 0 Å². The molecule has 0 aromatic heterocycles. The summed E-state index contributed by atoms with van der Waals surface area (Å²) in [4.78, 5) is 24.2. The van der Waals surface area contributed by atoms with Crippen LogP contribution in [-0.4, -0.2) is 31.4 Å². The molecule has 5 heteroatoms. The van der Waals surface area contributed by atoms with Crippen LogP contribution in [0.3, 0.4) is 0 Å². The second-order valence-corrected chi connectivity index (χ2v) is 6.29. The molecule has 0 aliphatic heterocycles. The molecule has 0 saturated heterocycles. The summed E-state index contributed by atoms with van der Waals surface area (Å²) in [6.45, 7) is 3.22. The molecule has 0 aliphatic rings. The first-order valence-electron chi connectivity index (χ1n) is 9.25. The van der Waals surface area contributed by atoms with Gasteiger partial charge in [-0.25, -0.2) is 0 Å². The summed E-state index contributed by atoms with van der Waals surface area (Å²) in [7, 11) is 1.36. The minimum absolute atomic E-state index is 0.00295. The Labute approximate surface area is 160 Å². The maximum atomic E-state index is 12.4. The number of benzene rings is 2. The lowest BCUT2D eigenvalue weighted by molar-refractivity contribution is -0.143. The van der Waals surface area contributed by atoms with Gasteiger partial charge in [-0.15, -0.1) is 0 Å². The summed E-state index contributed by atoms with van der Waals surface area (Å²) in [5.74, 6) is 0.380. The van der Waals surface area contributed by atoms with Crippen LogP contribution in [0.25, 0.3) is 0 Å². The predicted molar refractivity (Wildman–Crippen MR) is 105 cm³/mol. The Bertz CT molecular complexity index is 713. The number of ketones is 1. The summed E-state index contributed by atoms with van der Waals surface area (Å²) >= 11 is 0. The molecule has 144 valence electrons. The minimum Gasteiger partial charge on any atom is -0.489 e. The molecule has 0 aliphatic carbocycles. The van der Waals surface area contributed by atoms with Crippen LogP contribution >= 0.6 is 0 Å². The fourth-order valence-electron chi connectivity index (χ4n) is 2.66. The Morgan fingerprint density at radius 1 is 1.04 bits per heavy atom. The first-order valence-corrected chi connectivity index (χ1v) is 9.25. The van der Waals surface area contributed by atoms with Gasteiger partial charge in [-0.3, -0.25) is 9.59 Å². The third-order valence-electron chi connectivity index (χ3n) is 4.21. The van der Waals surface area contributed by atoms with Crippen molar-refractivity contribution >= 4 is 11.8 Å². The van der Waals surface area contributed by atoms with Gasteiger partial charge in [0.2, 0.25) is 0 Å². The summed E-state index contributed by atoms with van der Waals surface area (Å²) in [6, 6.07) is 16.6. The average Bonchev–Trinajstić information content (AvgIpc) is 2.72. The Kier molecular flexibility index (Phi) is 8.52. The van der Waals surface area contributed by atoms with E-state index in [1.54, 1.807) is 24.3 Å². The van der Waals surface area contributed by atoms with E-state index < -0.39 is 6.04 Å². The molecule has 0 spiro atoms. The second kappa shape index (κ2) is 11.1. The van der Waals surface area contributed by atoms with E-state index in [9.17, 15) is 9.59 Å². The normalized spacial score (nSPS) is 11.6. The van der Waals surface area contributed by atoms with Crippen molar-refractivity contribution in [2.24, 2.45) is 0 Å². The van der Waals surface area contributed by atoms with E-state index in [0.717, 1.165) is 12.0 Å². The van der Waals surface area contributed by atoms with Crippen molar-refractivity contribution in [2.45, 2.75) is 38.8 Å². The van der Waals surface area contributed by atoms with Gasteiger partial charge in [-0.05, 0) is 49.2 Å². The lowest BCUT2D eigenvalue weighted by Gasteiger charge is -2.15. The molecule has 0 radical (unpaired) electrons. The molecule has 0 amide bonds. The number of hydrogen-bond acceptors (Lipinski definition) is 5. The number of carbonyl (C=O) groups excluding carboxylic acids is 2. The predicted octanol–water partition coefficient (Wildman–Crippen LogP) is 3.77. The smallest absolute Gasteiger partial charge is 0.322 e. The fraction of sp³-hybridized carbons (Fsp3) is 0.364. The highest BCUT2D eigenvalue weighted by Crippen LogP contribution is 2.16. The van der Waals surface area contributed by atoms with Gasteiger partial charge in [0, 0.05) is 12.0 Å². The van der Waals surface area contributed by atoms with Crippen LogP contribution in [0.4, 0.5) is 0 Å². The zero-order valence-electron chi connectivity index (χ0n) is 15.9. The zero-order valence-corrected chi connectivity index (χ0v) is 15.9. The molecule has 27 heavy (non-hydrogen) atoms. The third-order valence-corrected chi connectivity index (χ3v) is 4.21. The molecule has 0 heterocycles. The number of Topliss-reactive ketones (excluding diaryl/α,β-unsaturated/α-hetero) is 1. The number of nitrogens with one attached hydrogen (secondary N) is 1. The fourth-order valence-corrected chi connectivity index (χ4v) is 2.66. The van der Waals surface area contributed by atoms with E-state index in [4.69, 9.17) is 9.47 Å². The van der Waals surface area contributed by atoms with Gasteiger partial charge < -0.3 is 14.8 Å². The summed E-state index contributed by atoms with van der Waals surface area (Å²) in [5.41, 5.74) is 1.70. The molecular formula is C22H27NO4. The van der Waals surface area contributed by atoms with Crippen molar-refractivity contribution in [3.05, 3.63) is 65.7 Å². The first-order chi connectivity index (χ1) is 13.1. The number of esters is 1. The zero-order chi connectivity index (χ0) is 19.5. The summed E-state index contributed by atoms with van der Waals surface area (Å²) < 4.78 is 10.5. The highest BCUT2D eigenvalue weighted by molar-refractivity contribution is 5.96. The molecule has 2 aromatic carbocycles. The van der Waals surface area contributed by atoms with E-state index in [1.165, 1.54) is 7.11 Å². The molecule has 1 atom stereocenters. The van der Waals surface area contributed by atoms with Crippen molar-refractivity contribution in [3.63, 3.8) is 0 Å². The molecule has 1 N–H and O–H groups in total. The number of hydrogen-bond donors (Lipinski definition) is 1. The maximum absolute atomic E-state index is 12.4. The highest BCUT2D eigenvalue weighted by Gasteiger charge is 2.19. The lowest BCUT2D eigenvalue weighted by Crippen LogP contribution is -2.38. The van der Waals surface area contributed by atoms with Gasteiger partial charge in [0.1, 0.15) is 18.4 Å². The van der Waals surface area contributed by atoms with E-state index in [2.05, 4.69) is 5.32 Å². The maximum Gasteiger partial charge on any atom is 0.322 e. The van der Waals surface area contributed by atoms with Crippen molar-refractivity contribution in [2.75, 3.05) is 13.7 Å². The topological polar surface area (TPSA) is 64.6 Å². The molecule has 0 bridgehead atoms. The molecular weight excluding hydrogens is 342 g/mol. The van der Waals surface area contributed by atoms with E-state index in [-0.39, 0.29) is 18.2 Å². The van der Waals surface area contributed by atoms with Crippen LogP contribution in [0, 0.1) is 0 Å². The lowest BCUT2D eigenvalue weighted by atomic mass is 10.0. The molecule has 5 nitrogen and oxygen atoms in total.